The third-order valence-corrected chi connectivity index (χ3v) is 5.32. The molecule has 1 atom stereocenters. The van der Waals surface area contributed by atoms with Crippen molar-refractivity contribution in [3.63, 3.8) is 0 Å². The molecule has 1 fully saturated rings. The summed E-state index contributed by atoms with van der Waals surface area (Å²) in [5.74, 6) is 0.944. The number of nitrogens with zero attached hydrogens (tertiary/aromatic N) is 6. The molecular weight excluding hydrogens is 382 g/mol. The molecule has 1 unspecified atom stereocenters. The molecule has 1 N–H and O–H groups in total. The Morgan fingerprint density at radius 2 is 1.93 bits per heavy atom. The molecule has 0 aromatic carbocycles. The van der Waals surface area contributed by atoms with Crippen molar-refractivity contribution in [2.75, 3.05) is 37.6 Å². The van der Waals surface area contributed by atoms with E-state index in [0.29, 0.717) is 5.65 Å². The minimum Gasteiger partial charge on any atom is -0.354 e. The second-order valence-electron chi connectivity index (χ2n) is 7.63. The fourth-order valence-corrected chi connectivity index (χ4v) is 3.80. The molecule has 9 nitrogen and oxygen atoms in total. The summed E-state index contributed by atoms with van der Waals surface area (Å²) < 4.78 is 2.82. The van der Waals surface area contributed by atoms with Gasteiger partial charge in [0.2, 0.25) is 5.91 Å². The number of fused-ring (bicyclic) bond motifs is 1. The molecule has 4 rings (SSSR count). The lowest BCUT2D eigenvalue weighted by molar-refractivity contribution is -0.122. The first kappa shape index (κ1) is 20.1. The number of hydrogen-bond donors (Lipinski definition) is 1. The van der Waals surface area contributed by atoms with E-state index in [9.17, 15) is 9.59 Å². The summed E-state index contributed by atoms with van der Waals surface area (Å²) >= 11 is 0. The minimum absolute atomic E-state index is 0.0386. The molecule has 30 heavy (non-hydrogen) atoms. The SMILES string of the molecule is CC(CN1CCN(c2ccccn2)CC1)NC(=O)CCn1nc2ccccn2c1=O. The average Bonchev–Trinajstić information content (AvgIpc) is 3.09. The van der Waals surface area contributed by atoms with E-state index in [-0.39, 0.29) is 30.6 Å². The monoisotopic (exact) mass is 409 g/mol. The number of carbonyl (C=O) groups is 1. The van der Waals surface area contributed by atoms with Crippen LogP contribution in [0.15, 0.2) is 53.6 Å². The first-order valence-electron chi connectivity index (χ1n) is 10.3. The van der Waals surface area contributed by atoms with Gasteiger partial charge in [0.1, 0.15) is 5.82 Å². The summed E-state index contributed by atoms with van der Waals surface area (Å²) in [7, 11) is 0. The Morgan fingerprint density at radius 1 is 1.13 bits per heavy atom. The van der Waals surface area contributed by atoms with E-state index in [4.69, 9.17) is 0 Å². The summed E-state index contributed by atoms with van der Waals surface area (Å²) in [4.78, 5) is 33.7. The molecule has 158 valence electrons. The van der Waals surface area contributed by atoms with E-state index in [1.165, 1.54) is 9.08 Å². The van der Waals surface area contributed by atoms with Crippen molar-refractivity contribution >= 4 is 17.4 Å². The van der Waals surface area contributed by atoms with Crippen LogP contribution < -0.4 is 15.9 Å². The summed E-state index contributed by atoms with van der Waals surface area (Å²) in [5.41, 5.74) is 0.360. The number of aromatic nitrogens is 4. The summed E-state index contributed by atoms with van der Waals surface area (Å²) in [6.07, 6.45) is 3.72. The Bertz CT molecular complexity index is 1040. The molecule has 4 heterocycles. The number of pyridine rings is 2. The number of carbonyl (C=O) groups excluding carboxylic acids is 1. The number of rotatable bonds is 7. The van der Waals surface area contributed by atoms with Gasteiger partial charge in [-0.1, -0.05) is 12.1 Å². The highest BCUT2D eigenvalue weighted by molar-refractivity contribution is 5.76. The molecule has 1 amide bonds. The standard InChI is InChI=1S/C21H27N7O2/c1-17(16-25-12-14-26(15-13-25)18-6-2-4-9-22-18)23-20(29)8-11-28-21(30)27-10-5-3-7-19(27)24-28/h2-7,9-10,17H,8,11-16H2,1H3,(H,23,29). The van der Waals surface area contributed by atoms with Crippen LogP contribution in [-0.2, 0) is 11.3 Å². The van der Waals surface area contributed by atoms with Gasteiger partial charge in [0.15, 0.2) is 5.65 Å². The van der Waals surface area contributed by atoms with Crippen LogP contribution in [-0.4, -0.2) is 68.7 Å². The number of amides is 1. The van der Waals surface area contributed by atoms with Crippen molar-refractivity contribution in [1.29, 1.82) is 0 Å². The molecule has 3 aromatic heterocycles. The van der Waals surface area contributed by atoms with Gasteiger partial charge < -0.3 is 10.2 Å². The highest BCUT2D eigenvalue weighted by Crippen LogP contribution is 2.12. The van der Waals surface area contributed by atoms with Crippen molar-refractivity contribution in [3.05, 3.63) is 59.3 Å². The topological polar surface area (TPSA) is 87.8 Å². The van der Waals surface area contributed by atoms with E-state index in [1.54, 1.807) is 18.3 Å². The predicted molar refractivity (Wildman–Crippen MR) is 115 cm³/mol. The fraction of sp³-hybridized carbons (Fsp3) is 0.429. The van der Waals surface area contributed by atoms with E-state index in [1.807, 2.05) is 37.4 Å². The van der Waals surface area contributed by atoms with Crippen molar-refractivity contribution < 1.29 is 4.79 Å². The van der Waals surface area contributed by atoms with E-state index in [2.05, 4.69) is 25.2 Å². The van der Waals surface area contributed by atoms with Crippen LogP contribution in [0.2, 0.25) is 0 Å². The Kier molecular flexibility index (Phi) is 6.08. The maximum Gasteiger partial charge on any atom is 0.350 e. The molecule has 0 bridgehead atoms. The van der Waals surface area contributed by atoms with Gasteiger partial charge in [0.25, 0.3) is 0 Å². The molecule has 0 spiro atoms. The van der Waals surface area contributed by atoms with Crippen molar-refractivity contribution in [2.45, 2.75) is 25.9 Å². The number of hydrogen-bond acceptors (Lipinski definition) is 6. The molecule has 9 heteroatoms. The first-order valence-corrected chi connectivity index (χ1v) is 10.3. The Balaban J connectivity index is 1.21. The Morgan fingerprint density at radius 3 is 2.67 bits per heavy atom. The molecule has 3 aromatic rings. The van der Waals surface area contributed by atoms with Gasteiger partial charge in [-0.25, -0.2) is 14.5 Å². The number of piperazine rings is 1. The number of aryl methyl sites for hydroxylation is 1. The quantitative estimate of drug-likeness (QED) is 0.615. The van der Waals surface area contributed by atoms with Gasteiger partial charge in [-0.15, -0.1) is 5.10 Å². The van der Waals surface area contributed by atoms with Crippen LogP contribution in [0.1, 0.15) is 13.3 Å². The van der Waals surface area contributed by atoms with Crippen LogP contribution in [0.3, 0.4) is 0 Å². The second kappa shape index (κ2) is 9.08. The van der Waals surface area contributed by atoms with Crippen LogP contribution in [0.4, 0.5) is 5.82 Å². The molecule has 0 saturated carbocycles. The molecule has 1 saturated heterocycles. The van der Waals surface area contributed by atoms with Crippen LogP contribution in [0.25, 0.3) is 5.65 Å². The number of nitrogens with one attached hydrogen (secondary N) is 1. The second-order valence-corrected chi connectivity index (χ2v) is 7.63. The fourth-order valence-electron chi connectivity index (χ4n) is 3.80. The summed E-state index contributed by atoms with van der Waals surface area (Å²) in [6.45, 7) is 6.81. The minimum atomic E-state index is -0.225. The Hall–Kier alpha value is -3.20. The first-order chi connectivity index (χ1) is 14.6. The zero-order chi connectivity index (χ0) is 20.9. The maximum absolute atomic E-state index is 12.3. The molecular formula is C21H27N7O2. The van der Waals surface area contributed by atoms with Crippen LogP contribution >= 0.6 is 0 Å². The van der Waals surface area contributed by atoms with Gasteiger partial charge in [-0.2, -0.15) is 0 Å². The third-order valence-electron chi connectivity index (χ3n) is 5.32. The van der Waals surface area contributed by atoms with E-state index < -0.39 is 0 Å². The number of anilines is 1. The molecule has 0 aliphatic carbocycles. The summed E-state index contributed by atoms with van der Waals surface area (Å²) in [6, 6.07) is 11.4. The van der Waals surface area contributed by atoms with Crippen molar-refractivity contribution in [2.24, 2.45) is 0 Å². The van der Waals surface area contributed by atoms with Gasteiger partial charge in [-0.3, -0.25) is 14.1 Å². The van der Waals surface area contributed by atoms with Gasteiger partial charge in [0.05, 0.1) is 6.54 Å². The highest BCUT2D eigenvalue weighted by atomic mass is 16.2. The largest absolute Gasteiger partial charge is 0.354 e. The van der Waals surface area contributed by atoms with Gasteiger partial charge >= 0.3 is 5.69 Å². The normalized spacial score (nSPS) is 16.0. The van der Waals surface area contributed by atoms with Crippen molar-refractivity contribution in [1.82, 2.24) is 29.4 Å². The van der Waals surface area contributed by atoms with E-state index >= 15 is 0 Å². The summed E-state index contributed by atoms with van der Waals surface area (Å²) in [5, 5.41) is 7.30. The highest BCUT2D eigenvalue weighted by Gasteiger charge is 2.20. The average molecular weight is 409 g/mol. The molecule has 1 aliphatic heterocycles. The van der Waals surface area contributed by atoms with E-state index in [0.717, 1.165) is 38.5 Å². The Labute approximate surface area is 174 Å². The van der Waals surface area contributed by atoms with Gasteiger partial charge in [-0.05, 0) is 31.2 Å². The smallest absolute Gasteiger partial charge is 0.350 e. The zero-order valence-electron chi connectivity index (χ0n) is 17.1. The van der Waals surface area contributed by atoms with Crippen molar-refractivity contribution in [3.8, 4) is 0 Å². The molecule has 0 radical (unpaired) electrons. The van der Waals surface area contributed by atoms with Crippen LogP contribution in [0, 0.1) is 0 Å². The lowest BCUT2D eigenvalue weighted by Gasteiger charge is -2.36. The maximum atomic E-state index is 12.3. The van der Waals surface area contributed by atoms with Crippen LogP contribution in [0.5, 0.6) is 0 Å². The lowest BCUT2D eigenvalue weighted by Crippen LogP contribution is -2.51. The third kappa shape index (κ3) is 4.68. The lowest BCUT2D eigenvalue weighted by atomic mass is 10.2. The molecule has 1 aliphatic rings. The zero-order valence-corrected chi connectivity index (χ0v) is 17.1. The predicted octanol–water partition coefficient (Wildman–Crippen LogP) is 0.608. The van der Waals surface area contributed by atoms with Gasteiger partial charge in [0, 0.05) is 57.6 Å².